The average molecular weight is 417 g/mol. The van der Waals surface area contributed by atoms with E-state index >= 15 is 0 Å². The predicted octanol–water partition coefficient (Wildman–Crippen LogP) is 1.97. The van der Waals surface area contributed by atoms with Crippen LogP contribution in [0, 0.1) is 5.92 Å². The van der Waals surface area contributed by atoms with Crippen LogP contribution in [0.1, 0.15) is 31.4 Å². The first-order valence-electron chi connectivity index (χ1n) is 9.38. The molecular formula is C18H30Cl2N6O. The highest BCUT2D eigenvalue weighted by molar-refractivity contribution is 6.41. The zero-order valence-corrected chi connectivity index (χ0v) is 17.6. The van der Waals surface area contributed by atoms with Gasteiger partial charge >= 0.3 is 0 Å². The third kappa shape index (κ3) is 6.59. The van der Waals surface area contributed by atoms with Gasteiger partial charge in [0.25, 0.3) is 0 Å². The van der Waals surface area contributed by atoms with Gasteiger partial charge in [-0.05, 0) is 51.4 Å². The van der Waals surface area contributed by atoms with Crippen molar-refractivity contribution in [2.75, 3.05) is 33.2 Å². The number of piperidine rings is 1. The van der Waals surface area contributed by atoms with E-state index in [-0.39, 0.29) is 11.8 Å². The summed E-state index contributed by atoms with van der Waals surface area (Å²) in [5.41, 5.74) is 6.37. The number of primary amides is 1. The second-order valence-electron chi connectivity index (χ2n) is 6.91. The molecule has 0 aromatic carbocycles. The van der Waals surface area contributed by atoms with Crippen LogP contribution >= 0.6 is 23.2 Å². The number of unbranched alkanes of at least 4 members (excludes halogenated alkanes) is 1. The van der Waals surface area contributed by atoms with Gasteiger partial charge in [-0.1, -0.05) is 23.2 Å². The Kier molecular flexibility index (Phi) is 8.73. The smallest absolute Gasteiger partial charge is 0.220 e. The van der Waals surface area contributed by atoms with E-state index in [0.717, 1.165) is 63.5 Å². The Labute approximate surface area is 171 Å². The van der Waals surface area contributed by atoms with E-state index < -0.39 is 0 Å². The molecule has 1 saturated heterocycles. The third-order valence-electron chi connectivity index (χ3n) is 5.06. The average Bonchev–Trinajstić information content (AvgIpc) is 2.91. The van der Waals surface area contributed by atoms with Crippen molar-refractivity contribution in [3.05, 3.63) is 21.9 Å². The summed E-state index contributed by atoms with van der Waals surface area (Å²) in [5, 5.41) is 7.69. The molecule has 7 nitrogen and oxygen atoms in total. The molecule has 0 bridgehead atoms. The summed E-state index contributed by atoms with van der Waals surface area (Å²) in [7, 11) is 3.64. The summed E-state index contributed by atoms with van der Waals surface area (Å²) in [5.74, 6) is 0.662. The molecule has 1 aromatic rings. The molecule has 2 rings (SSSR count). The maximum absolute atomic E-state index is 11.2. The molecule has 4 N–H and O–H groups in total. The topological polar surface area (TPSA) is 87.7 Å². The van der Waals surface area contributed by atoms with Crippen LogP contribution in [-0.2, 0) is 18.4 Å². The number of amides is 1. The van der Waals surface area contributed by atoms with E-state index in [1.165, 1.54) is 0 Å². The normalized spacial score (nSPS) is 16.5. The van der Waals surface area contributed by atoms with E-state index in [0.29, 0.717) is 16.7 Å². The second kappa shape index (κ2) is 10.8. The summed E-state index contributed by atoms with van der Waals surface area (Å²) in [6.45, 7) is 4.43. The van der Waals surface area contributed by atoms with Gasteiger partial charge in [-0.25, -0.2) is 0 Å². The molecule has 152 valence electrons. The first-order valence-corrected chi connectivity index (χ1v) is 10.1. The monoisotopic (exact) mass is 416 g/mol. The lowest BCUT2D eigenvalue weighted by atomic mass is 9.96. The molecule has 1 aliphatic heterocycles. The number of carbonyl (C=O) groups is 1. The van der Waals surface area contributed by atoms with Crippen LogP contribution in [0.25, 0.3) is 0 Å². The number of hydrogen-bond acceptors (Lipinski definition) is 3. The van der Waals surface area contributed by atoms with Crippen molar-refractivity contribution < 1.29 is 4.79 Å². The van der Waals surface area contributed by atoms with Crippen LogP contribution in [0.4, 0.5) is 0 Å². The van der Waals surface area contributed by atoms with Crippen molar-refractivity contribution in [3.63, 3.8) is 0 Å². The minimum Gasteiger partial charge on any atom is -0.369 e. The lowest BCUT2D eigenvalue weighted by molar-refractivity contribution is -0.123. The summed E-state index contributed by atoms with van der Waals surface area (Å²) >= 11 is 12.1. The number of hydrogen-bond donors (Lipinski definition) is 3. The fourth-order valence-electron chi connectivity index (χ4n) is 3.26. The number of nitrogens with zero attached hydrogens (tertiary/aromatic N) is 3. The summed E-state index contributed by atoms with van der Waals surface area (Å²) in [6, 6.07) is 1.85. The lowest BCUT2D eigenvalue weighted by Gasteiger charge is -2.30. The first kappa shape index (κ1) is 21.9. The van der Waals surface area contributed by atoms with Crippen LogP contribution in [0.3, 0.4) is 0 Å². The minimum absolute atomic E-state index is 0.0614. The zero-order valence-electron chi connectivity index (χ0n) is 16.1. The number of rotatable bonds is 8. The highest BCUT2D eigenvalue weighted by Crippen LogP contribution is 2.24. The molecule has 2 heterocycles. The fourth-order valence-corrected chi connectivity index (χ4v) is 3.68. The molecule has 0 saturated carbocycles. The maximum Gasteiger partial charge on any atom is 0.220 e. The van der Waals surface area contributed by atoms with Gasteiger partial charge in [0.05, 0.1) is 11.6 Å². The molecule has 1 aliphatic rings. The van der Waals surface area contributed by atoms with Crippen molar-refractivity contribution in [1.29, 1.82) is 0 Å². The van der Waals surface area contributed by atoms with Crippen molar-refractivity contribution in [2.45, 2.75) is 32.2 Å². The number of nitrogens with two attached hydrogens (primary N) is 1. The Bertz CT molecular complexity index is 653. The molecule has 0 aliphatic carbocycles. The third-order valence-corrected chi connectivity index (χ3v) is 5.90. The van der Waals surface area contributed by atoms with Crippen molar-refractivity contribution >= 4 is 35.1 Å². The van der Waals surface area contributed by atoms with Crippen LogP contribution < -0.4 is 16.4 Å². The van der Waals surface area contributed by atoms with Crippen LogP contribution in [0.2, 0.25) is 10.2 Å². The standard InChI is InChI=1S/C18H30Cl2N6O/c1-22-18(24-12-14-11-15(19)16(20)25(14)2)23-7-3-4-8-26-9-5-13(6-10-26)17(21)27/h11,13H,3-10,12H2,1-2H3,(H2,21,27)(H2,22,23,24). The molecule has 9 heteroatoms. The quantitative estimate of drug-likeness (QED) is 0.343. The van der Waals surface area contributed by atoms with E-state index in [4.69, 9.17) is 28.9 Å². The zero-order chi connectivity index (χ0) is 19.8. The largest absolute Gasteiger partial charge is 0.369 e. The number of aromatic nitrogens is 1. The Morgan fingerprint density at radius 1 is 1.30 bits per heavy atom. The molecule has 0 spiro atoms. The summed E-state index contributed by atoms with van der Waals surface area (Å²) in [6.07, 6.45) is 3.93. The van der Waals surface area contributed by atoms with Gasteiger partial charge in [0.1, 0.15) is 5.15 Å². The van der Waals surface area contributed by atoms with Crippen LogP contribution in [-0.4, -0.2) is 54.6 Å². The number of carbonyl (C=O) groups excluding carboxylic acids is 1. The molecule has 0 radical (unpaired) electrons. The molecule has 1 fully saturated rings. The second-order valence-corrected chi connectivity index (χ2v) is 7.68. The lowest BCUT2D eigenvalue weighted by Crippen LogP contribution is -2.39. The first-order chi connectivity index (χ1) is 12.9. The van der Waals surface area contributed by atoms with E-state index in [1.807, 2.05) is 17.7 Å². The van der Waals surface area contributed by atoms with Gasteiger partial charge in [-0.15, -0.1) is 0 Å². The van der Waals surface area contributed by atoms with E-state index in [9.17, 15) is 4.79 Å². The van der Waals surface area contributed by atoms with Gasteiger partial charge < -0.3 is 25.8 Å². The molecule has 0 atom stereocenters. The Morgan fingerprint density at radius 2 is 2.00 bits per heavy atom. The number of aliphatic imine (C=N–C) groups is 1. The molecule has 0 unspecified atom stereocenters. The van der Waals surface area contributed by atoms with Crippen molar-refractivity contribution in [3.8, 4) is 0 Å². The van der Waals surface area contributed by atoms with Gasteiger partial charge in [-0.2, -0.15) is 0 Å². The van der Waals surface area contributed by atoms with Gasteiger partial charge in [0.15, 0.2) is 5.96 Å². The van der Waals surface area contributed by atoms with Gasteiger partial charge in [0, 0.05) is 32.3 Å². The number of halogens is 2. The number of likely N-dealkylation sites (tertiary alicyclic amines) is 1. The highest BCUT2D eigenvalue weighted by Gasteiger charge is 2.22. The van der Waals surface area contributed by atoms with Crippen molar-refractivity contribution in [1.82, 2.24) is 20.1 Å². The minimum atomic E-state index is -0.155. The van der Waals surface area contributed by atoms with E-state index in [1.54, 1.807) is 7.05 Å². The van der Waals surface area contributed by atoms with Crippen LogP contribution in [0.5, 0.6) is 0 Å². The molecule has 1 amide bonds. The highest BCUT2D eigenvalue weighted by atomic mass is 35.5. The summed E-state index contributed by atoms with van der Waals surface area (Å²) in [4.78, 5) is 17.8. The fraction of sp³-hybridized carbons (Fsp3) is 0.667. The Balaban J connectivity index is 1.60. The molecular weight excluding hydrogens is 387 g/mol. The van der Waals surface area contributed by atoms with Gasteiger partial charge in [-0.3, -0.25) is 9.79 Å². The number of guanidine groups is 1. The van der Waals surface area contributed by atoms with Crippen molar-refractivity contribution in [2.24, 2.45) is 23.7 Å². The predicted molar refractivity (Wildman–Crippen MR) is 111 cm³/mol. The molecule has 1 aromatic heterocycles. The Hall–Kier alpha value is -1.44. The maximum atomic E-state index is 11.2. The Morgan fingerprint density at radius 3 is 2.56 bits per heavy atom. The van der Waals surface area contributed by atoms with Gasteiger partial charge in [0.2, 0.25) is 5.91 Å². The SMILES string of the molecule is CN=C(NCCCCN1CCC(C(N)=O)CC1)NCc1cc(Cl)c(Cl)n1C. The van der Waals surface area contributed by atoms with E-state index in [2.05, 4.69) is 20.5 Å². The summed E-state index contributed by atoms with van der Waals surface area (Å²) < 4.78 is 1.85. The van der Waals surface area contributed by atoms with Crippen LogP contribution in [0.15, 0.2) is 11.1 Å². The number of nitrogens with one attached hydrogen (secondary N) is 2. The molecule has 27 heavy (non-hydrogen) atoms.